The molecule has 234 valence electrons. The van der Waals surface area contributed by atoms with Crippen LogP contribution >= 0.6 is 0 Å². The third-order valence-corrected chi connectivity index (χ3v) is 14.0. The van der Waals surface area contributed by atoms with Gasteiger partial charge in [0.1, 0.15) is 0 Å². The van der Waals surface area contributed by atoms with Crippen LogP contribution in [0.15, 0.2) is 127 Å². The Morgan fingerprint density at radius 2 is 0.936 bits per heavy atom. The zero-order chi connectivity index (χ0) is 30.4. The number of rotatable bonds is 7. The fraction of sp³-hybridized carbons (Fsp3) is 0.156. The van der Waals surface area contributed by atoms with E-state index >= 15 is 0 Å². The van der Waals surface area contributed by atoms with Crippen molar-refractivity contribution in [3.05, 3.63) is 170 Å². The standard InChI is InChI=1S/C43H40Si.2CH3.Hf/c1-29-19-30(2)22-36(21-29)40-15-9-13-34-25-38(27-42(34)40)44(5,18-17-33-11-7-6-8-12-33)39-26-35-14-10-16-41(43(35)28-39)37-23-31(3)20-32(4)24-37;;;/h6-16,19-28H,17-18H2,1-5H3;2*1H3;/q-2;2*-1;+4. The van der Waals surface area contributed by atoms with E-state index in [0.717, 1.165) is 6.42 Å². The molecule has 7 rings (SSSR count). The van der Waals surface area contributed by atoms with Gasteiger partial charge in [0.05, 0.1) is 8.07 Å². The molecule has 0 spiro atoms. The van der Waals surface area contributed by atoms with Gasteiger partial charge in [-0.1, -0.05) is 119 Å². The molecule has 0 fully saturated rings. The Bertz CT molecular complexity index is 1960. The van der Waals surface area contributed by atoms with Crippen molar-refractivity contribution >= 4 is 40.0 Å². The smallest absolute Gasteiger partial charge is 0.358 e. The Morgan fingerprint density at radius 1 is 0.511 bits per heavy atom. The summed E-state index contributed by atoms with van der Waals surface area (Å²) < 4.78 is 0. The monoisotopic (exact) mass is 794 g/mol. The second kappa shape index (κ2) is 14.7. The molecule has 2 heteroatoms. The van der Waals surface area contributed by atoms with E-state index in [1.165, 1.54) is 88.0 Å². The van der Waals surface area contributed by atoms with E-state index in [0.29, 0.717) is 0 Å². The second-order valence-electron chi connectivity index (χ2n) is 13.2. The van der Waals surface area contributed by atoms with Crippen molar-refractivity contribution in [2.75, 3.05) is 0 Å². The van der Waals surface area contributed by atoms with Crippen LogP contribution in [0.25, 0.3) is 43.8 Å². The second-order valence-corrected chi connectivity index (χ2v) is 17.5. The van der Waals surface area contributed by atoms with E-state index in [1.54, 1.807) is 0 Å². The summed E-state index contributed by atoms with van der Waals surface area (Å²) in [4.78, 5) is 0. The molecule has 0 aliphatic heterocycles. The minimum Gasteiger partial charge on any atom is -0.358 e. The van der Waals surface area contributed by atoms with Gasteiger partial charge < -0.3 is 14.9 Å². The fourth-order valence-electron chi connectivity index (χ4n) is 7.36. The first-order chi connectivity index (χ1) is 21.3. The topological polar surface area (TPSA) is 0 Å². The van der Waals surface area contributed by atoms with Crippen molar-refractivity contribution in [3.63, 3.8) is 0 Å². The molecule has 0 N–H and O–H groups in total. The molecule has 0 radical (unpaired) electrons. The summed E-state index contributed by atoms with van der Waals surface area (Å²) in [7, 11) is -2.14. The van der Waals surface area contributed by atoms with Crippen LogP contribution in [0, 0.1) is 42.5 Å². The number of fused-ring (bicyclic) bond motifs is 2. The molecule has 7 aromatic rings. The maximum atomic E-state index is 2.60. The molecule has 0 aromatic heterocycles. The van der Waals surface area contributed by atoms with Gasteiger partial charge in [-0.05, 0) is 56.9 Å². The largest absolute Gasteiger partial charge is 4.00 e. The third kappa shape index (κ3) is 7.15. The quantitative estimate of drug-likeness (QED) is 0.111. The van der Waals surface area contributed by atoms with E-state index in [1.807, 2.05) is 0 Å². The number of hydrogen-bond donors (Lipinski definition) is 0. The first-order valence-electron chi connectivity index (χ1n) is 15.9. The molecular formula is C45H46HfSi. The molecule has 0 saturated carbocycles. The minimum atomic E-state index is -2.14. The molecule has 0 unspecified atom stereocenters. The molecule has 0 aliphatic rings. The van der Waals surface area contributed by atoms with Crippen LogP contribution < -0.4 is 10.4 Å². The van der Waals surface area contributed by atoms with E-state index in [2.05, 4.69) is 162 Å². The van der Waals surface area contributed by atoms with Crippen molar-refractivity contribution < 1.29 is 25.8 Å². The van der Waals surface area contributed by atoms with E-state index in [4.69, 9.17) is 0 Å². The molecular weight excluding hydrogens is 747 g/mol. The Balaban J connectivity index is 0.00000167. The molecule has 0 nitrogen and oxygen atoms in total. The van der Waals surface area contributed by atoms with Gasteiger partial charge >= 0.3 is 25.8 Å². The summed E-state index contributed by atoms with van der Waals surface area (Å²) in [6.45, 7) is 11.4. The van der Waals surface area contributed by atoms with Crippen molar-refractivity contribution in [2.45, 2.75) is 46.7 Å². The van der Waals surface area contributed by atoms with Crippen LogP contribution in [-0.4, -0.2) is 8.07 Å². The summed E-state index contributed by atoms with van der Waals surface area (Å²) in [6, 6.07) is 49.9. The maximum Gasteiger partial charge on any atom is 4.00 e. The molecule has 0 heterocycles. The van der Waals surface area contributed by atoms with Gasteiger partial charge in [-0.3, -0.25) is 0 Å². The summed E-state index contributed by atoms with van der Waals surface area (Å²) in [5.41, 5.74) is 12.0. The number of benzene rings is 5. The Labute approximate surface area is 303 Å². The Morgan fingerprint density at radius 3 is 1.36 bits per heavy atom. The van der Waals surface area contributed by atoms with Crippen molar-refractivity contribution in [1.82, 2.24) is 0 Å². The average molecular weight is 793 g/mol. The fourth-order valence-corrected chi connectivity index (χ4v) is 10.9. The third-order valence-electron chi connectivity index (χ3n) is 9.60. The number of hydrogen-bond acceptors (Lipinski definition) is 0. The van der Waals surface area contributed by atoms with Crippen LogP contribution in [0.4, 0.5) is 0 Å². The van der Waals surface area contributed by atoms with Crippen LogP contribution in [0.1, 0.15) is 27.8 Å². The molecule has 0 aliphatic carbocycles. The van der Waals surface area contributed by atoms with Gasteiger partial charge in [0.15, 0.2) is 0 Å². The van der Waals surface area contributed by atoms with Crippen LogP contribution in [0.2, 0.25) is 12.6 Å². The SMILES string of the molecule is Cc1cc(C)cc(-c2cccc3[cH-]c([Si](C)(CCc4ccccc4)c4cc5c(-c6cc(C)cc(C)c6)cccc5[cH-]4)cc23)c1.[CH3-].[CH3-].[Hf+4]. The average Bonchev–Trinajstić information content (AvgIpc) is 3.65. The maximum absolute atomic E-state index is 2.60. The van der Waals surface area contributed by atoms with Crippen LogP contribution in [0.5, 0.6) is 0 Å². The van der Waals surface area contributed by atoms with E-state index < -0.39 is 8.07 Å². The molecule has 0 amide bonds. The van der Waals surface area contributed by atoms with Crippen molar-refractivity contribution in [3.8, 4) is 22.3 Å². The van der Waals surface area contributed by atoms with Crippen molar-refractivity contribution in [2.24, 2.45) is 0 Å². The molecule has 47 heavy (non-hydrogen) atoms. The minimum absolute atomic E-state index is 0. The van der Waals surface area contributed by atoms with Gasteiger partial charge in [0.25, 0.3) is 0 Å². The Hall–Kier alpha value is -3.59. The summed E-state index contributed by atoms with van der Waals surface area (Å²) in [5.74, 6) is 0. The van der Waals surface area contributed by atoms with Crippen molar-refractivity contribution in [1.29, 1.82) is 0 Å². The molecule has 7 aromatic carbocycles. The first-order valence-corrected chi connectivity index (χ1v) is 18.6. The van der Waals surface area contributed by atoms with Gasteiger partial charge in [-0.2, -0.15) is 12.1 Å². The predicted octanol–water partition coefficient (Wildman–Crippen LogP) is 11.3. The number of aryl methyl sites for hydroxylation is 5. The van der Waals surface area contributed by atoms with Gasteiger partial charge in [-0.15, -0.1) is 68.3 Å². The molecule has 0 bridgehead atoms. The molecule has 0 saturated heterocycles. The summed E-state index contributed by atoms with van der Waals surface area (Å²) in [6.07, 6.45) is 1.08. The normalized spacial score (nSPS) is 11.2. The van der Waals surface area contributed by atoms with Gasteiger partial charge in [0.2, 0.25) is 0 Å². The summed E-state index contributed by atoms with van der Waals surface area (Å²) in [5, 5.41) is 8.51. The van der Waals surface area contributed by atoms with Gasteiger partial charge in [-0.25, -0.2) is 0 Å². The summed E-state index contributed by atoms with van der Waals surface area (Å²) >= 11 is 0. The van der Waals surface area contributed by atoms with Crippen LogP contribution in [-0.2, 0) is 32.3 Å². The zero-order valence-corrected chi connectivity index (χ0v) is 33.6. The van der Waals surface area contributed by atoms with E-state index in [-0.39, 0.29) is 40.7 Å². The van der Waals surface area contributed by atoms with E-state index in [9.17, 15) is 0 Å². The first kappa shape index (κ1) is 36.2. The van der Waals surface area contributed by atoms with Gasteiger partial charge in [0, 0.05) is 0 Å². The predicted molar refractivity (Wildman–Crippen MR) is 208 cm³/mol. The molecule has 0 atom stereocenters. The zero-order valence-electron chi connectivity index (χ0n) is 29.0. The Kier molecular flexibility index (Phi) is 11.3. The van der Waals surface area contributed by atoms with Crippen LogP contribution in [0.3, 0.4) is 0 Å².